The van der Waals surface area contributed by atoms with Gasteiger partial charge in [-0.2, -0.15) is 0 Å². The van der Waals surface area contributed by atoms with E-state index in [4.69, 9.17) is 16.4 Å². The number of benzene rings is 1. The minimum Gasteiger partial charge on any atom is -0.288 e. The van der Waals surface area contributed by atoms with Crippen LogP contribution in [-0.4, -0.2) is 44.4 Å². The predicted octanol–water partition coefficient (Wildman–Crippen LogP) is 0.404. The quantitative estimate of drug-likeness (QED) is 0.416. The Bertz CT molecular complexity index is 768. The predicted molar refractivity (Wildman–Crippen MR) is 81.6 cm³/mol. The van der Waals surface area contributed by atoms with Crippen molar-refractivity contribution in [1.82, 2.24) is 9.79 Å². The first-order chi connectivity index (χ1) is 11.0. The number of halogens is 2. The lowest BCUT2D eigenvalue weighted by Gasteiger charge is -2.20. The number of rotatable bonds is 7. The van der Waals surface area contributed by atoms with Gasteiger partial charge in [0.2, 0.25) is 15.8 Å². The van der Waals surface area contributed by atoms with Gasteiger partial charge >= 0.3 is 5.91 Å². The van der Waals surface area contributed by atoms with Gasteiger partial charge in [-0.15, -0.1) is 0 Å². The zero-order chi connectivity index (χ0) is 18.5. The summed E-state index contributed by atoms with van der Waals surface area (Å²) >= 11 is 5.83. The van der Waals surface area contributed by atoms with Crippen LogP contribution >= 0.6 is 11.6 Å². The third-order valence-corrected chi connectivity index (χ3v) is 3.58. The first kappa shape index (κ1) is 20.0. The molecule has 0 fully saturated rings. The van der Waals surface area contributed by atoms with Gasteiger partial charge in [0.1, 0.15) is 5.82 Å². The number of hydrogen-bond donors (Lipinski definition) is 1. The average Bonchev–Trinajstić information content (AvgIpc) is 2.44. The highest BCUT2D eigenvalue weighted by molar-refractivity contribution is 7.89. The number of nitrogens with one attached hydrogen (secondary N) is 1. The number of carbonyl (C=O) groups is 3. The van der Waals surface area contributed by atoms with Crippen LogP contribution in [0.2, 0.25) is 5.02 Å². The molecular formula is C13H14ClFN2O6S. The van der Waals surface area contributed by atoms with Gasteiger partial charge in [-0.3, -0.25) is 19.2 Å². The van der Waals surface area contributed by atoms with E-state index >= 15 is 0 Å². The second-order valence-corrected chi connectivity index (χ2v) is 6.81. The molecule has 132 valence electrons. The lowest BCUT2D eigenvalue weighted by atomic mass is 10.2. The number of carbonyl (C=O) groups excluding carboxylic acids is 3. The number of sulfonamides is 1. The Morgan fingerprint density at radius 3 is 2.46 bits per heavy atom. The summed E-state index contributed by atoms with van der Waals surface area (Å²) in [5.41, 5.74) is 0.348. The molecule has 2 amide bonds. The number of hydrogen-bond acceptors (Lipinski definition) is 6. The molecule has 1 aromatic carbocycles. The largest absolute Gasteiger partial charge is 0.301 e. The lowest BCUT2D eigenvalue weighted by Crippen LogP contribution is -2.39. The Morgan fingerprint density at radius 1 is 1.33 bits per heavy atom. The summed E-state index contributed by atoms with van der Waals surface area (Å²) in [7, 11) is -2.77. The topological polar surface area (TPSA) is 110 Å². The lowest BCUT2D eigenvalue weighted by molar-refractivity contribution is -0.180. The summed E-state index contributed by atoms with van der Waals surface area (Å²) in [5, 5.41) is 0.788. The Kier molecular flexibility index (Phi) is 6.81. The van der Waals surface area contributed by atoms with Crippen molar-refractivity contribution in [3.8, 4) is 0 Å². The summed E-state index contributed by atoms with van der Waals surface area (Å²) < 4.78 is 36.2. The Hall–Kier alpha value is -2.04. The van der Waals surface area contributed by atoms with Crippen LogP contribution in [0.1, 0.15) is 12.0 Å². The monoisotopic (exact) mass is 380 g/mol. The third kappa shape index (κ3) is 6.22. The van der Waals surface area contributed by atoms with E-state index in [1.807, 2.05) is 0 Å². The number of Topliss-reactive ketones (excluding diaryl/α,β-unsaturated/α-hetero) is 1. The van der Waals surface area contributed by atoms with E-state index in [9.17, 15) is 27.2 Å². The van der Waals surface area contributed by atoms with Crippen molar-refractivity contribution in [1.29, 1.82) is 0 Å². The average molecular weight is 381 g/mol. The molecule has 0 aliphatic carbocycles. The first-order valence-electron chi connectivity index (χ1n) is 6.37. The van der Waals surface area contributed by atoms with Crippen molar-refractivity contribution < 1.29 is 32.0 Å². The highest BCUT2D eigenvalue weighted by atomic mass is 35.5. The van der Waals surface area contributed by atoms with Gasteiger partial charge in [0, 0.05) is 5.02 Å². The molecule has 0 atom stereocenters. The molecule has 0 spiro atoms. The molecule has 0 saturated carbocycles. The van der Waals surface area contributed by atoms with E-state index < -0.39 is 39.9 Å². The zero-order valence-corrected chi connectivity index (χ0v) is 14.3. The van der Waals surface area contributed by atoms with E-state index in [1.54, 1.807) is 0 Å². The van der Waals surface area contributed by atoms with Crippen LogP contribution in [-0.2, 0) is 35.8 Å². The van der Waals surface area contributed by atoms with Gasteiger partial charge in [-0.05, 0) is 17.7 Å². The molecular weight excluding hydrogens is 367 g/mol. The van der Waals surface area contributed by atoms with E-state index in [0.29, 0.717) is 11.8 Å². The summed E-state index contributed by atoms with van der Waals surface area (Å²) in [6.45, 7) is -0.199. The molecule has 24 heavy (non-hydrogen) atoms. The third-order valence-electron chi connectivity index (χ3n) is 2.67. The molecule has 8 nitrogen and oxygen atoms in total. The highest BCUT2D eigenvalue weighted by Crippen LogP contribution is 2.19. The number of hydroxylamine groups is 2. The van der Waals surface area contributed by atoms with Crippen LogP contribution in [0.15, 0.2) is 18.2 Å². The summed E-state index contributed by atoms with van der Waals surface area (Å²) in [6, 6.07) is 3.50. The molecule has 0 bridgehead atoms. The highest BCUT2D eigenvalue weighted by Gasteiger charge is 2.24. The number of amides is 2. The van der Waals surface area contributed by atoms with E-state index in [0.717, 1.165) is 24.3 Å². The van der Waals surface area contributed by atoms with Crippen LogP contribution in [0, 0.1) is 5.82 Å². The van der Waals surface area contributed by atoms with Crippen LogP contribution in [0.5, 0.6) is 0 Å². The molecule has 1 rings (SSSR count). The van der Waals surface area contributed by atoms with Crippen LogP contribution in [0.4, 0.5) is 4.39 Å². The molecule has 0 saturated heterocycles. The van der Waals surface area contributed by atoms with Gasteiger partial charge in [0.05, 0.1) is 26.3 Å². The first-order valence-corrected chi connectivity index (χ1v) is 8.63. The molecule has 0 heterocycles. The fourth-order valence-corrected chi connectivity index (χ4v) is 2.27. The second kappa shape index (κ2) is 8.18. The Balaban J connectivity index is 2.76. The number of ketones is 1. The van der Waals surface area contributed by atoms with E-state index in [2.05, 4.69) is 0 Å². The van der Waals surface area contributed by atoms with Gasteiger partial charge in [-0.1, -0.05) is 17.7 Å². The van der Waals surface area contributed by atoms with Crippen LogP contribution in [0.25, 0.3) is 0 Å². The normalized spacial score (nSPS) is 11.0. The molecule has 11 heteroatoms. The maximum absolute atomic E-state index is 13.0. The van der Waals surface area contributed by atoms with Gasteiger partial charge in [0.15, 0.2) is 0 Å². The number of nitrogens with zero attached hydrogens (tertiary/aromatic N) is 1. The van der Waals surface area contributed by atoms with Gasteiger partial charge < -0.3 is 0 Å². The molecule has 0 unspecified atom stereocenters. The fraction of sp³-hybridized carbons (Fsp3) is 0.308. The van der Waals surface area contributed by atoms with E-state index in [-0.39, 0.29) is 11.6 Å². The molecule has 1 aromatic rings. The van der Waals surface area contributed by atoms with Crippen LogP contribution in [0.3, 0.4) is 0 Å². The van der Waals surface area contributed by atoms with Crippen molar-refractivity contribution in [3.63, 3.8) is 0 Å². The second-order valence-electron chi connectivity index (χ2n) is 4.65. The molecule has 0 radical (unpaired) electrons. The molecule has 0 aliphatic rings. The Labute approximate surface area is 142 Å². The minimum absolute atomic E-state index is 0.0472. The fourth-order valence-electron chi connectivity index (χ4n) is 1.59. The summed E-state index contributed by atoms with van der Waals surface area (Å²) in [6.07, 6.45) is -0.216. The Morgan fingerprint density at radius 2 is 1.96 bits per heavy atom. The van der Waals surface area contributed by atoms with Crippen molar-refractivity contribution in [2.75, 3.05) is 13.4 Å². The van der Waals surface area contributed by atoms with E-state index in [1.165, 1.54) is 10.8 Å². The van der Waals surface area contributed by atoms with Crippen LogP contribution < -0.4 is 4.72 Å². The smallest absolute Gasteiger partial charge is 0.288 e. The maximum atomic E-state index is 13.0. The molecule has 0 aromatic heterocycles. The van der Waals surface area contributed by atoms with Gasteiger partial charge in [0.25, 0.3) is 5.91 Å². The van der Waals surface area contributed by atoms with Crippen molar-refractivity contribution in [3.05, 3.63) is 34.6 Å². The van der Waals surface area contributed by atoms with Crippen molar-refractivity contribution in [2.24, 2.45) is 0 Å². The maximum Gasteiger partial charge on any atom is 0.301 e. The standard InChI is InChI=1S/C13H14ClFN2O6S/c1-23-17(7-8-3-4-9(15)5-10(8)14)12(19)6-11(18)13(20)16-24(2,21)22/h3-5H,6-7H2,1-2H3,(H,16,20). The van der Waals surface area contributed by atoms with Gasteiger partial charge in [-0.25, -0.2) is 22.6 Å². The van der Waals surface area contributed by atoms with Crippen molar-refractivity contribution >= 4 is 39.2 Å². The minimum atomic E-state index is -3.92. The SMILES string of the molecule is CON(Cc1ccc(F)cc1Cl)C(=O)CC(=O)C(=O)NS(C)(=O)=O. The zero-order valence-electron chi connectivity index (χ0n) is 12.7. The summed E-state index contributed by atoms with van der Waals surface area (Å²) in [4.78, 5) is 39.7. The molecule has 0 aliphatic heterocycles. The molecule has 1 N–H and O–H groups in total. The van der Waals surface area contributed by atoms with Crippen molar-refractivity contribution in [2.45, 2.75) is 13.0 Å². The summed E-state index contributed by atoms with van der Waals surface area (Å²) in [5.74, 6) is -4.14.